The zero-order valence-electron chi connectivity index (χ0n) is 14.0. The Bertz CT molecular complexity index is 366. The van der Waals surface area contributed by atoms with Crippen LogP contribution in [-0.4, -0.2) is 29.7 Å². The van der Waals surface area contributed by atoms with Gasteiger partial charge in [-0.25, -0.2) is 4.79 Å². The van der Waals surface area contributed by atoms with E-state index in [4.69, 9.17) is 4.74 Å². The highest BCUT2D eigenvalue weighted by Crippen LogP contribution is 2.29. The first-order chi connectivity index (χ1) is 9.62. The van der Waals surface area contributed by atoms with Crippen molar-refractivity contribution in [1.82, 2.24) is 10.6 Å². The Morgan fingerprint density at radius 2 is 1.76 bits per heavy atom. The first-order valence-electron chi connectivity index (χ1n) is 7.90. The summed E-state index contributed by atoms with van der Waals surface area (Å²) >= 11 is 0. The molecule has 5 heteroatoms. The molecule has 0 radical (unpaired) electrons. The molecule has 21 heavy (non-hydrogen) atoms. The van der Waals surface area contributed by atoms with Crippen LogP contribution in [0.25, 0.3) is 0 Å². The summed E-state index contributed by atoms with van der Waals surface area (Å²) in [7, 11) is 0. The SMILES string of the molecule is CC(C)CC(=O)NC1(CNC(=O)OC(C)(C)C)CCCC1. The summed E-state index contributed by atoms with van der Waals surface area (Å²) in [5.41, 5.74) is -0.809. The van der Waals surface area contributed by atoms with E-state index in [1.807, 2.05) is 34.6 Å². The molecule has 1 aliphatic carbocycles. The number of hydrogen-bond donors (Lipinski definition) is 2. The molecule has 0 spiro atoms. The molecule has 1 saturated carbocycles. The summed E-state index contributed by atoms with van der Waals surface area (Å²) in [6, 6.07) is 0. The van der Waals surface area contributed by atoms with E-state index < -0.39 is 11.7 Å². The highest BCUT2D eigenvalue weighted by molar-refractivity contribution is 5.77. The van der Waals surface area contributed by atoms with Crippen molar-refractivity contribution in [3.63, 3.8) is 0 Å². The van der Waals surface area contributed by atoms with Gasteiger partial charge in [-0.3, -0.25) is 4.79 Å². The number of alkyl carbamates (subject to hydrolysis) is 1. The molecule has 0 saturated heterocycles. The van der Waals surface area contributed by atoms with E-state index in [9.17, 15) is 9.59 Å². The predicted octanol–water partition coefficient (Wildman–Crippen LogP) is 2.99. The Morgan fingerprint density at radius 1 is 1.19 bits per heavy atom. The van der Waals surface area contributed by atoms with Crippen molar-refractivity contribution in [2.75, 3.05) is 6.54 Å². The Hall–Kier alpha value is -1.26. The Balaban J connectivity index is 2.53. The molecule has 0 bridgehead atoms. The van der Waals surface area contributed by atoms with Gasteiger partial charge in [-0.1, -0.05) is 26.7 Å². The lowest BCUT2D eigenvalue weighted by molar-refractivity contribution is -0.123. The third-order valence-electron chi connectivity index (χ3n) is 3.53. The quantitative estimate of drug-likeness (QED) is 0.820. The van der Waals surface area contributed by atoms with Gasteiger partial charge in [0.05, 0.1) is 5.54 Å². The number of rotatable bonds is 5. The Labute approximate surface area is 128 Å². The number of carbonyl (C=O) groups excluding carboxylic acids is 2. The van der Waals surface area contributed by atoms with Gasteiger partial charge in [0.1, 0.15) is 5.60 Å². The van der Waals surface area contributed by atoms with Crippen LogP contribution in [0.2, 0.25) is 0 Å². The van der Waals surface area contributed by atoms with E-state index in [2.05, 4.69) is 10.6 Å². The van der Waals surface area contributed by atoms with E-state index in [1.165, 1.54) is 0 Å². The van der Waals surface area contributed by atoms with E-state index in [0.29, 0.717) is 18.9 Å². The van der Waals surface area contributed by atoms with Crippen LogP contribution < -0.4 is 10.6 Å². The van der Waals surface area contributed by atoms with Crippen LogP contribution in [0.15, 0.2) is 0 Å². The maximum Gasteiger partial charge on any atom is 0.407 e. The van der Waals surface area contributed by atoms with Gasteiger partial charge in [-0.2, -0.15) is 0 Å². The minimum absolute atomic E-state index is 0.0675. The van der Waals surface area contributed by atoms with Crippen LogP contribution in [-0.2, 0) is 9.53 Å². The van der Waals surface area contributed by atoms with Crippen molar-refractivity contribution in [2.24, 2.45) is 5.92 Å². The summed E-state index contributed by atoms with van der Waals surface area (Å²) < 4.78 is 5.25. The summed E-state index contributed by atoms with van der Waals surface area (Å²) in [4.78, 5) is 23.8. The van der Waals surface area contributed by atoms with Crippen LogP contribution in [0, 0.1) is 5.92 Å². The van der Waals surface area contributed by atoms with Crippen LogP contribution in [0.4, 0.5) is 4.79 Å². The van der Waals surface area contributed by atoms with Gasteiger partial charge >= 0.3 is 6.09 Å². The monoisotopic (exact) mass is 298 g/mol. The van der Waals surface area contributed by atoms with E-state index >= 15 is 0 Å². The first-order valence-corrected chi connectivity index (χ1v) is 7.90. The number of nitrogens with one attached hydrogen (secondary N) is 2. The Morgan fingerprint density at radius 3 is 2.24 bits per heavy atom. The van der Waals surface area contributed by atoms with Gasteiger partial charge in [0.25, 0.3) is 0 Å². The lowest BCUT2D eigenvalue weighted by atomic mass is 9.96. The zero-order chi connectivity index (χ0) is 16.1. The van der Waals surface area contributed by atoms with Crippen molar-refractivity contribution in [3.05, 3.63) is 0 Å². The summed E-state index contributed by atoms with van der Waals surface area (Å²) in [6.07, 6.45) is 4.08. The number of hydrogen-bond acceptors (Lipinski definition) is 3. The van der Waals surface area contributed by atoms with Gasteiger partial charge in [0.15, 0.2) is 0 Å². The molecule has 0 aromatic rings. The minimum Gasteiger partial charge on any atom is -0.444 e. The first kappa shape index (κ1) is 17.8. The zero-order valence-corrected chi connectivity index (χ0v) is 14.0. The molecule has 122 valence electrons. The molecule has 1 fully saturated rings. The van der Waals surface area contributed by atoms with E-state index in [0.717, 1.165) is 25.7 Å². The Kier molecular flexibility index (Phi) is 6.05. The third kappa shape index (κ3) is 6.82. The molecule has 0 aromatic carbocycles. The molecule has 2 amide bonds. The smallest absolute Gasteiger partial charge is 0.407 e. The maximum atomic E-state index is 12.0. The van der Waals surface area contributed by atoms with Crippen molar-refractivity contribution in [2.45, 2.75) is 77.9 Å². The topological polar surface area (TPSA) is 67.4 Å². The average Bonchev–Trinajstić information content (AvgIpc) is 2.72. The highest BCUT2D eigenvalue weighted by Gasteiger charge is 2.36. The molecular weight excluding hydrogens is 268 g/mol. The lowest BCUT2D eigenvalue weighted by Crippen LogP contribution is -2.54. The molecule has 5 nitrogen and oxygen atoms in total. The predicted molar refractivity (Wildman–Crippen MR) is 83.0 cm³/mol. The number of carbonyl (C=O) groups is 2. The fourth-order valence-corrected chi connectivity index (χ4v) is 2.67. The van der Waals surface area contributed by atoms with Gasteiger partial charge < -0.3 is 15.4 Å². The highest BCUT2D eigenvalue weighted by atomic mass is 16.6. The second-order valence-corrected chi connectivity index (χ2v) is 7.49. The molecule has 1 rings (SSSR count). The summed E-state index contributed by atoms with van der Waals surface area (Å²) in [5.74, 6) is 0.403. The lowest BCUT2D eigenvalue weighted by Gasteiger charge is -2.31. The average molecular weight is 298 g/mol. The largest absolute Gasteiger partial charge is 0.444 e. The second-order valence-electron chi connectivity index (χ2n) is 7.49. The normalized spacial score (nSPS) is 17.6. The van der Waals surface area contributed by atoms with Gasteiger partial charge in [0, 0.05) is 13.0 Å². The molecule has 0 unspecified atom stereocenters. The van der Waals surface area contributed by atoms with Crippen LogP contribution in [0.1, 0.15) is 66.7 Å². The van der Waals surface area contributed by atoms with Gasteiger partial charge in [-0.15, -0.1) is 0 Å². The van der Waals surface area contributed by atoms with E-state index in [-0.39, 0.29) is 11.4 Å². The van der Waals surface area contributed by atoms with Crippen LogP contribution in [0.5, 0.6) is 0 Å². The second kappa shape index (κ2) is 7.14. The molecule has 0 aromatic heterocycles. The fourth-order valence-electron chi connectivity index (χ4n) is 2.67. The van der Waals surface area contributed by atoms with Gasteiger partial charge in [0.2, 0.25) is 5.91 Å². The van der Waals surface area contributed by atoms with Crippen molar-refractivity contribution in [3.8, 4) is 0 Å². The molecule has 2 N–H and O–H groups in total. The standard InChI is InChI=1S/C16H30N2O3/c1-12(2)10-13(19)18-16(8-6-7-9-16)11-17-14(20)21-15(3,4)5/h12H,6-11H2,1-5H3,(H,17,20)(H,18,19). The molecular formula is C16H30N2O3. The van der Waals surface area contributed by atoms with Crippen molar-refractivity contribution >= 4 is 12.0 Å². The van der Waals surface area contributed by atoms with Crippen molar-refractivity contribution in [1.29, 1.82) is 0 Å². The van der Waals surface area contributed by atoms with Crippen molar-refractivity contribution < 1.29 is 14.3 Å². The van der Waals surface area contributed by atoms with E-state index in [1.54, 1.807) is 0 Å². The minimum atomic E-state index is -0.506. The summed E-state index contributed by atoms with van der Waals surface area (Å²) in [6.45, 7) is 10.00. The molecule has 0 atom stereocenters. The maximum absolute atomic E-state index is 12.0. The fraction of sp³-hybridized carbons (Fsp3) is 0.875. The summed E-state index contributed by atoms with van der Waals surface area (Å²) in [5, 5.41) is 5.94. The van der Waals surface area contributed by atoms with Crippen LogP contribution in [0.3, 0.4) is 0 Å². The third-order valence-corrected chi connectivity index (χ3v) is 3.53. The van der Waals surface area contributed by atoms with Crippen LogP contribution >= 0.6 is 0 Å². The molecule has 1 aliphatic rings. The number of amides is 2. The molecule has 0 heterocycles. The van der Waals surface area contributed by atoms with Gasteiger partial charge in [-0.05, 0) is 39.5 Å². The number of ether oxygens (including phenoxy) is 1. The molecule has 0 aliphatic heterocycles.